The van der Waals surface area contributed by atoms with E-state index in [0.717, 1.165) is 12.8 Å². The van der Waals surface area contributed by atoms with Crippen LogP contribution in [0, 0.1) is 0 Å². The molecule has 0 unspecified atom stereocenters. The maximum atomic E-state index is 2.37. The summed E-state index contributed by atoms with van der Waals surface area (Å²) in [6, 6.07) is 50.4. The molecule has 0 heterocycles. The first-order valence-electron chi connectivity index (χ1n) is 17.2. The molecule has 232 valence electrons. The minimum absolute atomic E-state index is 1.08. The molecular formula is C48H40. The maximum Gasteiger partial charge on any atom is -0.000763 e. The molecule has 0 atom stereocenters. The van der Waals surface area contributed by atoms with Crippen LogP contribution < -0.4 is 0 Å². The van der Waals surface area contributed by atoms with Crippen LogP contribution in [0.5, 0.6) is 0 Å². The maximum absolute atomic E-state index is 2.37. The molecule has 0 fully saturated rings. The predicted octanol–water partition coefficient (Wildman–Crippen LogP) is 14.0. The Hall–Kier alpha value is -5.72. The number of fused-ring (bicyclic) bond motifs is 3. The second-order valence-corrected chi connectivity index (χ2v) is 11.9. The van der Waals surface area contributed by atoms with Crippen molar-refractivity contribution in [3.8, 4) is 22.3 Å². The lowest BCUT2D eigenvalue weighted by molar-refractivity contribution is 1.03. The van der Waals surface area contributed by atoms with Crippen molar-refractivity contribution in [1.82, 2.24) is 0 Å². The first-order valence-corrected chi connectivity index (χ1v) is 17.2. The van der Waals surface area contributed by atoms with Gasteiger partial charge in [0, 0.05) is 0 Å². The van der Waals surface area contributed by atoms with Crippen LogP contribution in [0.15, 0.2) is 169 Å². The molecule has 0 heteroatoms. The second-order valence-electron chi connectivity index (χ2n) is 11.9. The molecule has 0 amide bonds. The zero-order valence-corrected chi connectivity index (χ0v) is 27.7. The Balaban J connectivity index is 0.00000179. The summed E-state index contributed by atoms with van der Waals surface area (Å²) >= 11 is 0. The van der Waals surface area contributed by atoms with Gasteiger partial charge in [0.1, 0.15) is 0 Å². The zero-order chi connectivity index (χ0) is 32.7. The van der Waals surface area contributed by atoms with Crippen LogP contribution in [0.4, 0.5) is 0 Å². The van der Waals surface area contributed by atoms with Crippen molar-refractivity contribution < 1.29 is 0 Å². The van der Waals surface area contributed by atoms with Gasteiger partial charge in [0.05, 0.1) is 0 Å². The number of allylic oxidation sites excluding steroid dienone is 5. The van der Waals surface area contributed by atoms with E-state index in [1.165, 1.54) is 76.8 Å². The Bertz CT molecular complexity index is 2320. The van der Waals surface area contributed by atoms with Crippen molar-refractivity contribution in [2.75, 3.05) is 0 Å². The van der Waals surface area contributed by atoms with Crippen LogP contribution in [0.25, 0.3) is 72.8 Å². The SMILES string of the molecule is C1=CC(/C=C/c2c3ccccc3c(/C=C/c3ccccc3)c3c(-c4ccccc4)c4ccccc4c(-c4ccccc4)c23)=CCC1.CC. The Morgan fingerprint density at radius 1 is 0.417 bits per heavy atom. The predicted molar refractivity (Wildman–Crippen MR) is 212 cm³/mol. The Morgan fingerprint density at radius 3 is 1.33 bits per heavy atom. The van der Waals surface area contributed by atoms with E-state index in [-0.39, 0.29) is 0 Å². The fraction of sp³-hybridized carbons (Fsp3) is 0.0833. The summed E-state index contributed by atoms with van der Waals surface area (Å²) < 4.78 is 0. The topological polar surface area (TPSA) is 0 Å². The molecule has 7 aromatic rings. The third-order valence-electron chi connectivity index (χ3n) is 9.09. The number of benzene rings is 7. The molecule has 0 nitrogen and oxygen atoms in total. The minimum Gasteiger partial charge on any atom is -0.0836 e. The minimum atomic E-state index is 1.08. The number of rotatable bonds is 6. The average Bonchev–Trinajstić information content (AvgIpc) is 3.17. The van der Waals surface area contributed by atoms with Crippen molar-refractivity contribution in [3.05, 3.63) is 186 Å². The van der Waals surface area contributed by atoms with E-state index in [1.807, 2.05) is 13.8 Å². The van der Waals surface area contributed by atoms with E-state index in [1.54, 1.807) is 0 Å². The number of hydrogen-bond acceptors (Lipinski definition) is 0. The molecule has 48 heavy (non-hydrogen) atoms. The van der Waals surface area contributed by atoms with Gasteiger partial charge in [-0.25, -0.2) is 0 Å². The van der Waals surface area contributed by atoms with E-state index in [0.29, 0.717) is 0 Å². The van der Waals surface area contributed by atoms with E-state index >= 15 is 0 Å². The fourth-order valence-corrected chi connectivity index (χ4v) is 7.04. The van der Waals surface area contributed by atoms with Gasteiger partial charge >= 0.3 is 0 Å². The molecule has 1 aliphatic rings. The summed E-state index contributed by atoms with van der Waals surface area (Å²) in [4.78, 5) is 0. The first kappa shape index (κ1) is 30.9. The fourth-order valence-electron chi connectivity index (χ4n) is 7.04. The third kappa shape index (κ3) is 5.94. The van der Waals surface area contributed by atoms with Crippen molar-refractivity contribution in [3.63, 3.8) is 0 Å². The molecule has 0 spiro atoms. The standard InChI is InChI=1S/C46H34.C2H6/c1-5-17-33(18-6-1)29-31-41-37-25-13-14-26-38(37)42(32-30-34-19-7-2-8-20-34)46-44(36-23-11-4-12-24-36)40-28-16-15-27-39(40)43(45(41)46)35-21-9-3-10-22-35;1-2/h1,3-7,9-32H,2,8H2;1-2H3/b31-29+,32-30+;. The van der Waals surface area contributed by atoms with Gasteiger partial charge in [-0.1, -0.05) is 196 Å². The lowest BCUT2D eigenvalue weighted by Gasteiger charge is -2.23. The van der Waals surface area contributed by atoms with Gasteiger partial charge in [-0.2, -0.15) is 0 Å². The van der Waals surface area contributed by atoms with Crippen LogP contribution in [0.3, 0.4) is 0 Å². The average molecular weight is 617 g/mol. The summed E-state index contributed by atoms with van der Waals surface area (Å²) in [7, 11) is 0. The number of hydrogen-bond donors (Lipinski definition) is 0. The molecule has 0 N–H and O–H groups in total. The van der Waals surface area contributed by atoms with Gasteiger partial charge in [0.25, 0.3) is 0 Å². The largest absolute Gasteiger partial charge is 0.0836 e. The van der Waals surface area contributed by atoms with Crippen molar-refractivity contribution in [2.45, 2.75) is 26.7 Å². The van der Waals surface area contributed by atoms with Crippen molar-refractivity contribution in [1.29, 1.82) is 0 Å². The quantitative estimate of drug-likeness (QED) is 0.129. The molecule has 7 aromatic carbocycles. The molecule has 0 bridgehead atoms. The van der Waals surface area contributed by atoms with E-state index in [4.69, 9.17) is 0 Å². The molecule has 0 radical (unpaired) electrons. The Kier molecular flexibility index (Phi) is 9.25. The summed E-state index contributed by atoms with van der Waals surface area (Å²) in [5.41, 5.74) is 9.94. The molecular weight excluding hydrogens is 577 g/mol. The molecule has 0 saturated heterocycles. The second kappa shape index (κ2) is 14.4. The van der Waals surface area contributed by atoms with Gasteiger partial charge in [-0.15, -0.1) is 0 Å². The molecule has 0 aromatic heterocycles. The van der Waals surface area contributed by atoms with Gasteiger partial charge in [0.15, 0.2) is 0 Å². The zero-order valence-electron chi connectivity index (χ0n) is 27.7. The molecule has 1 aliphatic carbocycles. The summed E-state index contributed by atoms with van der Waals surface area (Å²) in [5.74, 6) is 0. The van der Waals surface area contributed by atoms with Gasteiger partial charge in [0.2, 0.25) is 0 Å². The highest BCUT2D eigenvalue weighted by molar-refractivity contribution is 6.29. The lowest BCUT2D eigenvalue weighted by Crippen LogP contribution is -1.97. The highest BCUT2D eigenvalue weighted by Gasteiger charge is 2.23. The first-order chi connectivity index (χ1) is 23.9. The van der Waals surface area contributed by atoms with Gasteiger partial charge in [-0.05, 0) is 89.7 Å². The van der Waals surface area contributed by atoms with Crippen LogP contribution >= 0.6 is 0 Å². The van der Waals surface area contributed by atoms with Gasteiger partial charge < -0.3 is 0 Å². The van der Waals surface area contributed by atoms with Crippen LogP contribution in [0.2, 0.25) is 0 Å². The van der Waals surface area contributed by atoms with E-state index < -0.39 is 0 Å². The third-order valence-corrected chi connectivity index (χ3v) is 9.09. The monoisotopic (exact) mass is 616 g/mol. The van der Waals surface area contributed by atoms with Crippen molar-refractivity contribution >= 4 is 50.5 Å². The summed E-state index contributed by atoms with van der Waals surface area (Å²) in [6.45, 7) is 4.00. The summed E-state index contributed by atoms with van der Waals surface area (Å²) in [5, 5.41) is 7.60. The summed E-state index contributed by atoms with van der Waals surface area (Å²) in [6.07, 6.45) is 18.4. The Labute approximate surface area is 284 Å². The van der Waals surface area contributed by atoms with Crippen molar-refractivity contribution in [2.24, 2.45) is 0 Å². The highest BCUT2D eigenvalue weighted by Crippen LogP contribution is 2.49. The molecule has 0 saturated carbocycles. The van der Waals surface area contributed by atoms with E-state index in [2.05, 4.69) is 182 Å². The Morgan fingerprint density at radius 2 is 0.854 bits per heavy atom. The van der Waals surface area contributed by atoms with Crippen LogP contribution in [-0.2, 0) is 0 Å². The lowest BCUT2D eigenvalue weighted by atomic mass is 9.80. The van der Waals surface area contributed by atoms with Crippen LogP contribution in [0.1, 0.15) is 43.4 Å². The molecule has 8 rings (SSSR count). The molecule has 0 aliphatic heterocycles. The highest BCUT2D eigenvalue weighted by atomic mass is 14.3. The van der Waals surface area contributed by atoms with Crippen LogP contribution in [-0.4, -0.2) is 0 Å². The smallest absolute Gasteiger partial charge is 0.000763 e. The van der Waals surface area contributed by atoms with Gasteiger partial charge in [-0.3, -0.25) is 0 Å². The van der Waals surface area contributed by atoms with E-state index in [9.17, 15) is 0 Å². The normalized spacial score (nSPS) is 12.9.